The third-order valence-electron chi connectivity index (χ3n) is 10.2. The van der Waals surface area contributed by atoms with Gasteiger partial charge >= 0.3 is 0 Å². The fourth-order valence-corrected chi connectivity index (χ4v) is 7.75. The Labute approximate surface area is 281 Å². The number of pyridine rings is 1. The predicted molar refractivity (Wildman–Crippen MR) is 201 cm³/mol. The number of para-hydroxylation sites is 1. The molecule has 0 fully saturated rings. The van der Waals surface area contributed by atoms with Crippen LogP contribution < -0.4 is 4.90 Å². The van der Waals surface area contributed by atoms with Crippen molar-refractivity contribution in [3.05, 3.63) is 174 Å². The quantitative estimate of drug-likeness (QED) is 0.191. The van der Waals surface area contributed by atoms with Gasteiger partial charge in [0, 0.05) is 44.6 Å². The highest BCUT2D eigenvalue weighted by Gasteiger charge is 2.35. The van der Waals surface area contributed by atoms with Crippen molar-refractivity contribution in [2.24, 2.45) is 0 Å². The van der Waals surface area contributed by atoms with Gasteiger partial charge in [-0.25, -0.2) is 4.52 Å². The molecule has 2 heterocycles. The van der Waals surface area contributed by atoms with E-state index in [0.29, 0.717) is 0 Å². The maximum atomic E-state index is 5.28. The lowest BCUT2D eigenvalue weighted by molar-refractivity contribution is 0.660. The Balaban J connectivity index is 1.17. The van der Waals surface area contributed by atoms with Gasteiger partial charge in [0.2, 0.25) is 0 Å². The zero-order valence-electron chi connectivity index (χ0n) is 27.4. The van der Waals surface area contributed by atoms with Crippen LogP contribution in [0.1, 0.15) is 30.5 Å². The molecule has 0 saturated carbocycles. The minimum absolute atomic E-state index is 0.0718. The van der Waals surface area contributed by atoms with Gasteiger partial charge in [0.1, 0.15) is 0 Å². The average molecular weight is 618 g/mol. The number of rotatable bonds is 5. The van der Waals surface area contributed by atoms with Gasteiger partial charge in [-0.3, -0.25) is 0 Å². The van der Waals surface area contributed by atoms with Crippen molar-refractivity contribution in [2.45, 2.75) is 26.2 Å². The van der Waals surface area contributed by atoms with Crippen molar-refractivity contribution >= 4 is 33.4 Å². The van der Waals surface area contributed by atoms with Gasteiger partial charge in [0.05, 0.1) is 16.9 Å². The molecule has 0 saturated heterocycles. The Bertz CT molecular complexity index is 2470. The van der Waals surface area contributed by atoms with Crippen LogP contribution >= 0.6 is 0 Å². The van der Waals surface area contributed by atoms with E-state index in [9.17, 15) is 0 Å². The second kappa shape index (κ2) is 10.8. The van der Waals surface area contributed by atoms with Crippen molar-refractivity contribution in [1.82, 2.24) is 9.61 Å². The van der Waals surface area contributed by atoms with Crippen LogP contribution in [0, 0.1) is 6.92 Å². The first-order valence-corrected chi connectivity index (χ1v) is 16.7. The second-order valence-corrected chi connectivity index (χ2v) is 13.3. The fourth-order valence-electron chi connectivity index (χ4n) is 7.75. The zero-order valence-corrected chi connectivity index (χ0v) is 27.4. The normalized spacial score (nSPS) is 13.1. The van der Waals surface area contributed by atoms with Crippen LogP contribution in [-0.2, 0) is 5.41 Å². The molecule has 2 aromatic heterocycles. The van der Waals surface area contributed by atoms with Gasteiger partial charge in [0.15, 0.2) is 0 Å². The Morgan fingerprint density at radius 3 is 1.96 bits per heavy atom. The fraction of sp³-hybridized carbons (Fsp3) is 0.0889. The number of aryl methyl sites for hydroxylation is 1. The molecule has 0 atom stereocenters. The first-order chi connectivity index (χ1) is 23.5. The number of hydrogen-bond acceptors (Lipinski definition) is 2. The molecule has 0 aliphatic heterocycles. The summed E-state index contributed by atoms with van der Waals surface area (Å²) in [5.41, 5.74) is 15.4. The summed E-state index contributed by atoms with van der Waals surface area (Å²) >= 11 is 0. The van der Waals surface area contributed by atoms with Crippen molar-refractivity contribution in [3.8, 4) is 33.6 Å². The number of anilines is 3. The summed E-state index contributed by atoms with van der Waals surface area (Å²) in [6.45, 7) is 6.88. The summed E-state index contributed by atoms with van der Waals surface area (Å²) in [5.74, 6) is 0. The number of hydrogen-bond donors (Lipinski definition) is 0. The minimum atomic E-state index is -0.0718. The molecule has 0 bridgehead atoms. The Hall–Kier alpha value is -5.93. The lowest BCUT2D eigenvalue weighted by atomic mass is 9.82. The molecule has 8 aromatic rings. The summed E-state index contributed by atoms with van der Waals surface area (Å²) in [7, 11) is 0. The number of benzene rings is 6. The van der Waals surface area contributed by atoms with E-state index in [1.165, 1.54) is 38.6 Å². The molecule has 230 valence electrons. The van der Waals surface area contributed by atoms with Gasteiger partial charge < -0.3 is 4.90 Å². The molecule has 6 aromatic carbocycles. The molecule has 3 heteroatoms. The molecule has 3 nitrogen and oxygen atoms in total. The predicted octanol–water partition coefficient (Wildman–Crippen LogP) is 11.9. The highest BCUT2D eigenvalue weighted by molar-refractivity contribution is 6.01. The van der Waals surface area contributed by atoms with Crippen LogP contribution in [0.4, 0.5) is 17.1 Å². The number of fused-ring (bicyclic) bond motifs is 6. The molecular weight excluding hydrogens is 583 g/mol. The number of nitrogens with zero attached hydrogens (tertiary/aromatic N) is 3. The van der Waals surface area contributed by atoms with Gasteiger partial charge in [-0.05, 0) is 77.0 Å². The van der Waals surface area contributed by atoms with E-state index in [1.807, 2.05) is 0 Å². The Kier molecular flexibility index (Phi) is 6.38. The van der Waals surface area contributed by atoms with Crippen LogP contribution in [0.15, 0.2) is 158 Å². The molecule has 48 heavy (non-hydrogen) atoms. The van der Waals surface area contributed by atoms with Gasteiger partial charge in [-0.15, -0.1) is 0 Å². The highest BCUT2D eigenvalue weighted by atomic mass is 15.2. The topological polar surface area (TPSA) is 20.5 Å². The van der Waals surface area contributed by atoms with Crippen molar-refractivity contribution in [2.75, 3.05) is 4.90 Å². The monoisotopic (exact) mass is 617 g/mol. The van der Waals surface area contributed by atoms with Gasteiger partial charge in [-0.2, -0.15) is 5.10 Å². The molecule has 0 unspecified atom stereocenters. The Morgan fingerprint density at radius 1 is 0.542 bits per heavy atom. The number of aromatic nitrogens is 2. The van der Waals surface area contributed by atoms with E-state index >= 15 is 0 Å². The highest BCUT2D eigenvalue weighted by Crippen LogP contribution is 2.50. The van der Waals surface area contributed by atoms with Crippen molar-refractivity contribution < 1.29 is 0 Å². The summed E-state index contributed by atoms with van der Waals surface area (Å²) < 4.78 is 2.14. The molecule has 0 spiro atoms. The van der Waals surface area contributed by atoms with Gasteiger partial charge in [0.25, 0.3) is 0 Å². The summed E-state index contributed by atoms with van der Waals surface area (Å²) in [6.07, 6.45) is 0. The molecule has 0 radical (unpaired) electrons. The third kappa shape index (κ3) is 4.31. The third-order valence-corrected chi connectivity index (χ3v) is 10.2. The molecule has 1 aliphatic carbocycles. The van der Waals surface area contributed by atoms with Crippen LogP contribution in [-0.4, -0.2) is 9.61 Å². The molecule has 9 rings (SSSR count). The van der Waals surface area contributed by atoms with E-state index in [1.54, 1.807) is 0 Å². The molecular formula is C45H35N3. The standard InChI is InChI=1S/C45H35N3/c1-30-43(46-48-42(31-14-6-4-7-15-31)28-33-16-10-11-19-37(33)44(30)48)32-22-24-35(25-23-32)47(34-17-8-5-9-18-34)36-26-27-39-38-20-12-13-21-40(38)45(2,3)41(39)29-36/h4-29H,1-3H3. The van der Waals surface area contributed by atoms with Gasteiger partial charge in [-0.1, -0.05) is 129 Å². The van der Waals surface area contributed by atoms with E-state index in [4.69, 9.17) is 5.10 Å². The summed E-state index contributed by atoms with van der Waals surface area (Å²) in [6, 6.07) is 56.8. The smallest absolute Gasteiger partial charge is 0.0963 e. The Morgan fingerprint density at radius 2 is 1.17 bits per heavy atom. The molecule has 0 N–H and O–H groups in total. The average Bonchev–Trinajstić information content (AvgIpc) is 3.60. The summed E-state index contributed by atoms with van der Waals surface area (Å²) in [5, 5.41) is 7.70. The maximum absolute atomic E-state index is 5.28. The zero-order chi connectivity index (χ0) is 32.4. The van der Waals surface area contributed by atoms with Crippen LogP contribution in [0.5, 0.6) is 0 Å². The maximum Gasteiger partial charge on any atom is 0.0963 e. The van der Waals surface area contributed by atoms with E-state index in [2.05, 4.69) is 188 Å². The van der Waals surface area contributed by atoms with E-state index in [-0.39, 0.29) is 5.41 Å². The lowest BCUT2D eigenvalue weighted by Crippen LogP contribution is -2.16. The first-order valence-electron chi connectivity index (χ1n) is 16.7. The minimum Gasteiger partial charge on any atom is -0.310 e. The second-order valence-electron chi connectivity index (χ2n) is 13.3. The largest absolute Gasteiger partial charge is 0.310 e. The van der Waals surface area contributed by atoms with Crippen LogP contribution in [0.25, 0.3) is 49.9 Å². The van der Waals surface area contributed by atoms with E-state index in [0.717, 1.165) is 45.1 Å². The van der Waals surface area contributed by atoms with Crippen molar-refractivity contribution in [1.29, 1.82) is 0 Å². The van der Waals surface area contributed by atoms with E-state index < -0.39 is 0 Å². The van der Waals surface area contributed by atoms with Crippen molar-refractivity contribution in [3.63, 3.8) is 0 Å². The van der Waals surface area contributed by atoms with Crippen LogP contribution in [0.3, 0.4) is 0 Å². The van der Waals surface area contributed by atoms with Crippen LogP contribution in [0.2, 0.25) is 0 Å². The summed E-state index contributed by atoms with van der Waals surface area (Å²) in [4.78, 5) is 2.36. The molecule has 1 aliphatic rings. The lowest BCUT2D eigenvalue weighted by Gasteiger charge is -2.28. The SMILES string of the molecule is Cc1c(-c2ccc(N(c3ccccc3)c3ccc4c(c3)C(C)(C)c3ccccc3-4)cc2)nn2c(-c3ccccc3)cc3ccccc3c12. The molecule has 0 amide bonds. The first kappa shape index (κ1) is 28.3.